The van der Waals surface area contributed by atoms with Gasteiger partial charge in [-0.25, -0.2) is 0 Å². The van der Waals surface area contributed by atoms with Crippen LogP contribution in [0, 0.1) is 11.8 Å². The molecule has 0 fully saturated rings. The van der Waals surface area contributed by atoms with Gasteiger partial charge in [0, 0.05) is 26.7 Å². The molecule has 0 rings (SSSR count). The minimum atomic E-state index is -3.58. The summed E-state index contributed by atoms with van der Waals surface area (Å²) in [6.45, 7) is 9.18. The molecule has 0 heterocycles. The van der Waals surface area contributed by atoms with E-state index < -0.39 is 16.2 Å². The van der Waals surface area contributed by atoms with Gasteiger partial charge >= 0.3 is 5.97 Å². The van der Waals surface area contributed by atoms with Gasteiger partial charge in [0.2, 0.25) is 0 Å². The molecular formula is C14H30N2O4S. The Morgan fingerprint density at radius 1 is 1.00 bits per heavy atom. The van der Waals surface area contributed by atoms with Crippen molar-refractivity contribution in [3.8, 4) is 0 Å². The van der Waals surface area contributed by atoms with Crippen LogP contribution >= 0.6 is 0 Å². The Bertz CT molecular complexity index is 395. The largest absolute Gasteiger partial charge is 0.481 e. The first kappa shape index (κ1) is 20.3. The first-order chi connectivity index (χ1) is 9.57. The molecule has 1 N–H and O–H groups in total. The summed E-state index contributed by atoms with van der Waals surface area (Å²) >= 11 is 0. The van der Waals surface area contributed by atoms with E-state index in [0.717, 1.165) is 17.1 Å². The molecule has 0 amide bonds. The number of hydrogen-bond donors (Lipinski definition) is 1. The normalized spacial score (nSPS) is 12.8. The Kier molecular flexibility index (Phi) is 9.08. The second-order valence-electron chi connectivity index (χ2n) is 6.24. The van der Waals surface area contributed by atoms with Gasteiger partial charge in [0.1, 0.15) is 0 Å². The molecule has 0 aromatic heterocycles. The minimum Gasteiger partial charge on any atom is -0.481 e. The van der Waals surface area contributed by atoms with Gasteiger partial charge < -0.3 is 5.11 Å². The molecule has 0 aliphatic carbocycles. The van der Waals surface area contributed by atoms with Crippen LogP contribution in [0.25, 0.3) is 0 Å². The standard InChI is InChI=1S/C14H30N2O4S/c1-12(2)6-10-16(11-7-13(3)4)21(19,20)15(5)9-8-14(17)18/h12-13H,6-11H2,1-5H3,(H,17,18). The van der Waals surface area contributed by atoms with Crippen molar-refractivity contribution in [3.05, 3.63) is 0 Å². The van der Waals surface area contributed by atoms with E-state index in [4.69, 9.17) is 5.11 Å². The van der Waals surface area contributed by atoms with E-state index in [-0.39, 0.29) is 13.0 Å². The van der Waals surface area contributed by atoms with Crippen molar-refractivity contribution < 1.29 is 18.3 Å². The number of carboxylic acid groups (broad SMARTS) is 1. The molecule has 0 bridgehead atoms. The van der Waals surface area contributed by atoms with Gasteiger partial charge in [0.25, 0.3) is 10.2 Å². The van der Waals surface area contributed by atoms with Gasteiger partial charge in [-0.05, 0) is 24.7 Å². The Hall–Kier alpha value is -0.660. The van der Waals surface area contributed by atoms with Crippen LogP contribution in [0.3, 0.4) is 0 Å². The molecule has 0 aromatic rings. The van der Waals surface area contributed by atoms with Gasteiger partial charge in [-0.3, -0.25) is 4.79 Å². The van der Waals surface area contributed by atoms with Gasteiger partial charge in [-0.1, -0.05) is 27.7 Å². The molecule has 0 atom stereocenters. The predicted molar refractivity (Wildman–Crippen MR) is 84.3 cm³/mol. The number of rotatable bonds is 11. The summed E-state index contributed by atoms with van der Waals surface area (Å²) in [5, 5.41) is 8.68. The molecule has 0 saturated heterocycles. The van der Waals surface area contributed by atoms with E-state index in [1.54, 1.807) is 0 Å². The number of aliphatic carboxylic acids is 1. The zero-order valence-corrected chi connectivity index (χ0v) is 14.7. The Balaban J connectivity index is 4.85. The minimum absolute atomic E-state index is 0.00246. The number of carbonyl (C=O) groups is 1. The fourth-order valence-electron chi connectivity index (χ4n) is 1.71. The third-order valence-electron chi connectivity index (χ3n) is 3.27. The number of carboxylic acids is 1. The lowest BCUT2D eigenvalue weighted by Gasteiger charge is -2.28. The summed E-state index contributed by atoms with van der Waals surface area (Å²) in [5.41, 5.74) is 0. The highest BCUT2D eigenvalue weighted by molar-refractivity contribution is 7.86. The lowest BCUT2D eigenvalue weighted by molar-refractivity contribution is -0.137. The molecule has 7 heteroatoms. The third-order valence-corrected chi connectivity index (χ3v) is 5.26. The zero-order valence-electron chi connectivity index (χ0n) is 13.9. The van der Waals surface area contributed by atoms with E-state index in [9.17, 15) is 13.2 Å². The first-order valence-electron chi connectivity index (χ1n) is 7.50. The molecule has 126 valence electrons. The van der Waals surface area contributed by atoms with E-state index in [1.165, 1.54) is 11.4 Å². The van der Waals surface area contributed by atoms with Crippen LogP contribution in [0.4, 0.5) is 0 Å². The van der Waals surface area contributed by atoms with Gasteiger partial charge in [-0.15, -0.1) is 0 Å². The Morgan fingerprint density at radius 2 is 1.43 bits per heavy atom. The number of hydrogen-bond acceptors (Lipinski definition) is 3. The van der Waals surface area contributed by atoms with Gasteiger partial charge in [0.15, 0.2) is 0 Å². The summed E-state index contributed by atoms with van der Waals surface area (Å²) in [6.07, 6.45) is 1.41. The van der Waals surface area contributed by atoms with Crippen LogP contribution in [-0.4, -0.2) is 54.8 Å². The topological polar surface area (TPSA) is 77.9 Å². The van der Waals surface area contributed by atoms with Crippen molar-refractivity contribution in [2.75, 3.05) is 26.7 Å². The van der Waals surface area contributed by atoms with E-state index in [2.05, 4.69) is 27.7 Å². The summed E-state index contributed by atoms with van der Waals surface area (Å²) in [7, 11) is -2.14. The van der Waals surface area contributed by atoms with Crippen molar-refractivity contribution >= 4 is 16.2 Å². The lowest BCUT2D eigenvalue weighted by Crippen LogP contribution is -2.44. The molecule has 0 spiro atoms. The van der Waals surface area contributed by atoms with Crippen molar-refractivity contribution in [1.29, 1.82) is 0 Å². The molecule has 21 heavy (non-hydrogen) atoms. The highest BCUT2D eigenvalue weighted by atomic mass is 32.2. The maximum Gasteiger partial charge on any atom is 0.304 e. The van der Waals surface area contributed by atoms with Crippen LogP contribution in [0.5, 0.6) is 0 Å². The van der Waals surface area contributed by atoms with Crippen LogP contribution in [0.2, 0.25) is 0 Å². The molecule has 0 aromatic carbocycles. The lowest BCUT2D eigenvalue weighted by atomic mass is 10.1. The molecule has 0 saturated carbocycles. The van der Waals surface area contributed by atoms with Crippen LogP contribution in [-0.2, 0) is 15.0 Å². The quantitative estimate of drug-likeness (QED) is 0.631. The first-order valence-corrected chi connectivity index (χ1v) is 8.90. The van der Waals surface area contributed by atoms with Crippen LogP contribution in [0.15, 0.2) is 0 Å². The molecular weight excluding hydrogens is 292 g/mol. The van der Waals surface area contributed by atoms with Crippen molar-refractivity contribution in [3.63, 3.8) is 0 Å². The van der Waals surface area contributed by atoms with Crippen LogP contribution in [0.1, 0.15) is 47.0 Å². The van der Waals surface area contributed by atoms with Crippen molar-refractivity contribution in [2.24, 2.45) is 11.8 Å². The van der Waals surface area contributed by atoms with E-state index in [0.29, 0.717) is 24.9 Å². The second-order valence-corrected chi connectivity index (χ2v) is 8.27. The maximum absolute atomic E-state index is 12.5. The van der Waals surface area contributed by atoms with Gasteiger partial charge in [-0.2, -0.15) is 17.0 Å². The molecule has 0 aliphatic heterocycles. The summed E-state index contributed by atoms with van der Waals surface area (Å²) in [5.74, 6) is -0.148. The predicted octanol–water partition coefficient (Wildman–Crippen LogP) is 2.03. The fourth-order valence-corrected chi connectivity index (χ4v) is 3.10. The van der Waals surface area contributed by atoms with E-state index in [1.807, 2.05) is 0 Å². The highest BCUT2D eigenvalue weighted by Gasteiger charge is 2.27. The fraction of sp³-hybridized carbons (Fsp3) is 0.929. The maximum atomic E-state index is 12.5. The molecule has 0 unspecified atom stereocenters. The average Bonchev–Trinajstić information content (AvgIpc) is 2.34. The second kappa shape index (κ2) is 9.38. The SMILES string of the molecule is CC(C)CCN(CCC(C)C)S(=O)(=O)N(C)CCC(=O)O. The molecule has 6 nitrogen and oxygen atoms in total. The van der Waals surface area contributed by atoms with Crippen molar-refractivity contribution in [2.45, 2.75) is 47.0 Å². The smallest absolute Gasteiger partial charge is 0.304 e. The zero-order chi connectivity index (χ0) is 16.6. The molecule has 0 aliphatic rings. The summed E-state index contributed by atoms with van der Waals surface area (Å²) in [4.78, 5) is 10.6. The van der Waals surface area contributed by atoms with Crippen molar-refractivity contribution in [1.82, 2.24) is 8.61 Å². The molecule has 0 radical (unpaired) electrons. The highest BCUT2D eigenvalue weighted by Crippen LogP contribution is 2.13. The summed E-state index contributed by atoms with van der Waals surface area (Å²) in [6, 6.07) is 0. The Labute approximate surface area is 129 Å². The summed E-state index contributed by atoms with van der Waals surface area (Å²) < 4.78 is 27.7. The number of nitrogens with zero attached hydrogens (tertiary/aromatic N) is 2. The average molecular weight is 322 g/mol. The Morgan fingerprint density at radius 3 is 1.76 bits per heavy atom. The third kappa shape index (κ3) is 8.38. The van der Waals surface area contributed by atoms with Crippen LogP contribution < -0.4 is 0 Å². The monoisotopic (exact) mass is 322 g/mol. The van der Waals surface area contributed by atoms with E-state index >= 15 is 0 Å². The van der Waals surface area contributed by atoms with Gasteiger partial charge in [0.05, 0.1) is 6.42 Å².